The van der Waals surface area contributed by atoms with Crippen LogP contribution in [-0.2, 0) is 12.0 Å². The number of aliphatic hydroxyl groups is 1. The van der Waals surface area contributed by atoms with Crippen LogP contribution < -0.4 is 0 Å². The van der Waals surface area contributed by atoms with Crippen LogP contribution in [-0.4, -0.2) is 11.3 Å². The van der Waals surface area contributed by atoms with E-state index >= 15 is 0 Å². The minimum absolute atomic E-state index is 0.161. The molecule has 1 unspecified atom stereocenters. The predicted molar refractivity (Wildman–Crippen MR) is 80.5 cm³/mol. The van der Waals surface area contributed by atoms with Gasteiger partial charge in [-0.25, -0.2) is 0 Å². The van der Waals surface area contributed by atoms with Gasteiger partial charge in [-0.1, -0.05) is 67.9 Å². The van der Waals surface area contributed by atoms with Crippen molar-refractivity contribution in [3.63, 3.8) is 0 Å². The van der Waals surface area contributed by atoms with Gasteiger partial charge >= 0.3 is 6.18 Å². The molecular weight excluding hydrogens is 289 g/mol. The lowest BCUT2D eigenvalue weighted by atomic mass is 9.85. The Kier molecular flexibility index (Phi) is 4.91. The van der Waals surface area contributed by atoms with Crippen LogP contribution >= 0.6 is 0 Å². The summed E-state index contributed by atoms with van der Waals surface area (Å²) in [6, 6.07) is 13.2. The molecule has 2 aromatic carbocycles. The summed E-state index contributed by atoms with van der Waals surface area (Å²) in [5.41, 5.74) is -2.35. The van der Waals surface area contributed by atoms with E-state index in [0.717, 1.165) is 24.8 Å². The Morgan fingerprint density at radius 3 is 1.91 bits per heavy atom. The van der Waals surface area contributed by atoms with E-state index in [1.54, 1.807) is 18.2 Å². The number of hydrogen-bond acceptors (Lipinski definition) is 1. The van der Waals surface area contributed by atoms with E-state index in [4.69, 9.17) is 0 Å². The molecule has 0 aliphatic heterocycles. The maximum Gasteiger partial charge on any atom is 0.425 e. The van der Waals surface area contributed by atoms with Crippen molar-refractivity contribution in [1.29, 1.82) is 0 Å². The lowest BCUT2D eigenvalue weighted by Crippen LogP contribution is -2.43. The lowest BCUT2D eigenvalue weighted by Gasteiger charge is -2.31. The first-order valence-electron chi connectivity index (χ1n) is 7.33. The molecule has 0 spiro atoms. The summed E-state index contributed by atoms with van der Waals surface area (Å²) in [7, 11) is 0. The number of aryl methyl sites for hydroxylation is 1. The molecule has 0 bridgehead atoms. The normalized spacial score (nSPS) is 14.6. The van der Waals surface area contributed by atoms with Crippen molar-refractivity contribution in [2.45, 2.75) is 38.0 Å². The highest BCUT2D eigenvalue weighted by Crippen LogP contribution is 2.44. The molecule has 2 aromatic rings. The van der Waals surface area contributed by atoms with Crippen LogP contribution in [0, 0.1) is 0 Å². The van der Waals surface area contributed by atoms with Crippen LogP contribution in [0.1, 0.15) is 36.5 Å². The van der Waals surface area contributed by atoms with Crippen LogP contribution in [0.5, 0.6) is 0 Å². The van der Waals surface area contributed by atoms with E-state index in [2.05, 4.69) is 6.92 Å². The van der Waals surface area contributed by atoms with Crippen molar-refractivity contribution in [1.82, 2.24) is 0 Å². The Morgan fingerprint density at radius 2 is 1.41 bits per heavy atom. The second kappa shape index (κ2) is 6.53. The van der Waals surface area contributed by atoms with Gasteiger partial charge in [-0.05, 0) is 29.5 Å². The van der Waals surface area contributed by atoms with Gasteiger partial charge in [-0.3, -0.25) is 0 Å². The molecule has 0 heterocycles. The van der Waals surface area contributed by atoms with Gasteiger partial charge in [0.25, 0.3) is 0 Å². The molecule has 22 heavy (non-hydrogen) atoms. The van der Waals surface area contributed by atoms with Gasteiger partial charge in [-0.2, -0.15) is 13.2 Å². The highest BCUT2D eigenvalue weighted by molar-refractivity contribution is 5.39. The van der Waals surface area contributed by atoms with Crippen LogP contribution in [0.15, 0.2) is 54.6 Å². The molecule has 0 fully saturated rings. The van der Waals surface area contributed by atoms with Gasteiger partial charge in [0, 0.05) is 0 Å². The summed E-state index contributed by atoms with van der Waals surface area (Å²) in [5, 5.41) is 10.4. The number of alkyl halides is 3. The topological polar surface area (TPSA) is 20.2 Å². The third kappa shape index (κ3) is 3.17. The highest BCUT2D eigenvalue weighted by atomic mass is 19.4. The Balaban J connectivity index is 2.43. The SMILES string of the molecule is CCCCc1ccc(C(O)(c2ccccc2)C(F)(F)F)cc1. The molecule has 1 nitrogen and oxygen atoms in total. The summed E-state index contributed by atoms with van der Waals surface area (Å²) in [5.74, 6) is 0. The maximum atomic E-state index is 13.5. The monoisotopic (exact) mass is 308 g/mol. The zero-order valence-corrected chi connectivity index (χ0v) is 12.4. The van der Waals surface area contributed by atoms with Crippen LogP contribution in [0.25, 0.3) is 0 Å². The van der Waals surface area contributed by atoms with Crippen LogP contribution in [0.4, 0.5) is 13.2 Å². The number of rotatable bonds is 5. The fraction of sp³-hybridized carbons (Fsp3) is 0.333. The number of benzene rings is 2. The zero-order valence-electron chi connectivity index (χ0n) is 12.4. The Labute approximate surface area is 128 Å². The first-order chi connectivity index (χ1) is 10.4. The largest absolute Gasteiger partial charge is 0.425 e. The minimum Gasteiger partial charge on any atom is -0.372 e. The molecule has 0 aliphatic rings. The van der Waals surface area contributed by atoms with E-state index in [-0.39, 0.29) is 11.1 Å². The maximum absolute atomic E-state index is 13.5. The first-order valence-corrected chi connectivity index (χ1v) is 7.33. The summed E-state index contributed by atoms with van der Waals surface area (Å²) in [4.78, 5) is 0. The Bertz CT molecular complexity index is 590. The molecule has 0 amide bonds. The summed E-state index contributed by atoms with van der Waals surface area (Å²) < 4.78 is 40.6. The standard InChI is InChI=1S/C18H19F3O/c1-2-3-7-14-10-12-16(13-11-14)17(22,18(19,20)21)15-8-5-4-6-9-15/h4-6,8-13,22H,2-3,7H2,1H3. The summed E-state index contributed by atoms with van der Waals surface area (Å²) in [6.07, 6.45) is -1.95. The predicted octanol–water partition coefficient (Wildman–Crippen LogP) is 4.83. The third-order valence-corrected chi connectivity index (χ3v) is 3.79. The molecule has 1 N–H and O–H groups in total. The van der Waals surface area contributed by atoms with E-state index in [0.29, 0.717) is 0 Å². The first kappa shape index (κ1) is 16.6. The molecule has 2 rings (SSSR count). The van der Waals surface area contributed by atoms with Crippen molar-refractivity contribution >= 4 is 0 Å². The minimum atomic E-state index is -4.79. The molecule has 0 aliphatic carbocycles. The highest BCUT2D eigenvalue weighted by Gasteiger charge is 2.56. The van der Waals surface area contributed by atoms with Crippen molar-refractivity contribution in [3.05, 3.63) is 71.3 Å². The van der Waals surface area contributed by atoms with E-state index in [9.17, 15) is 18.3 Å². The fourth-order valence-electron chi connectivity index (χ4n) is 2.47. The number of halogens is 3. The van der Waals surface area contributed by atoms with Gasteiger partial charge in [0.2, 0.25) is 5.60 Å². The van der Waals surface area contributed by atoms with E-state index in [1.165, 1.54) is 36.4 Å². The fourth-order valence-corrected chi connectivity index (χ4v) is 2.47. The zero-order chi connectivity index (χ0) is 16.2. The van der Waals surface area contributed by atoms with E-state index < -0.39 is 11.8 Å². The van der Waals surface area contributed by atoms with Crippen LogP contribution in [0.2, 0.25) is 0 Å². The van der Waals surface area contributed by atoms with Gasteiger partial charge < -0.3 is 5.11 Å². The van der Waals surface area contributed by atoms with Gasteiger partial charge in [0.15, 0.2) is 0 Å². The third-order valence-electron chi connectivity index (χ3n) is 3.79. The van der Waals surface area contributed by atoms with Crippen molar-refractivity contribution in [2.24, 2.45) is 0 Å². The molecule has 0 radical (unpaired) electrons. The molecule has 1 atom stereocenters. The average Bonchev–Trinajstić information content (AvgIpc) is 2.52. The second-order valence-corrected chi connectivity index (χ2v) is 5.37. The van der Waals surface area contributed by atoms with E-state index in [1.807, 2.05) is 0 Å². The average molecular weight is 308 g/mol. The second-order valence-electron chi connectivity index (χ2n) is 5.37. The molecule has 0 saturated carbocycles. The van der Waals surface area contributed by atoms with Crippen molar-refractivity contribution in [2.75, 3.05) is 0 Å². The lowest BCUT2D eigenvalue weighted by molar-refractivity contribution is -0.248. The molecule has 118 valence electrons. The van der Waals surface area contributed by atoms with Gasteiger partial charge in [0.05, 0.1) is 0 Å². The molecular formula is C18H19F3O. The van der Waals surface area contributed by atoms with Crippen LogP contribution in [0.3, 0.4) is 0 Å². The Morgan fingerprint density at radius 1 is 0.864 bits per heavy atom. The summed E-state index contributed by atoms with van der Waals surface area (Å²) >= 11 is 0. The quantitative estimate of drug-likeness (QED) is 0.839. The summed E-state index contributed by atoms with van der Waals surface area (Å²) in [6.45, 7) is 2.06. The molecule has 0 saturated heterocycles. The molecule has 0 aromatic heterocycles. The van der Waals surface area contributed by atoms with Crippen molar-refractivity contribution < 1.29 is 18.3 Å². The number of hydrogen-bond donors (Lipinski definition) is 1. The Hall–Kier alpha value is -1.81. The number of unbranched alkanes of at least 4 members (excludes halogenated alkanes) is 1. The smallest absolute Gasteiger partial charge is 0.372 e. The van der Waals surface area contributed by atoms with Gasteiger partial charge in [0.1, 0.15) is 0 Å². The van der Waals surface area contributed by atoms with Crippen molar-refractivity contribution in [3.8, 4) is 0 Å². The molecule has 4 heteroatoms. The van der Waals surface area contributed by atoms with Gasteiger partial charge in [-0.15, -0.1) is 0 Å².